The van der Waals surface area contributed by atoms with Crippen molar-refractivity contribution in [1.29, 1.82) is 0 Å². The predicted octanol–water partition coefficient (Wildman–Crippen LogP) is 1.95. The van der Waals surface area contributed by atoms with E-state index in [0.717, 1.165) is 31.4 Å². The third kappa shape index (κ3) is 1.78. The number of aryl methyl sites for hydroxylation is 2. The molecule has 0 bridgehead atoms. The number of unbranched alkanes of at least 4 members (excludes halogenated alkanes) is 1. The van der Waals surface area contributed by atoms with Gasteiger partial charge in [-0.3, -0.25) is 0 Å². The summed E-state index contributed by atoms with van der Waals surface area (Å²) in [6, 6.07) is 0. The van der Waals surface area contributed by atoms with Gasteiger partial charge in [-0.2, -0.15) is 5.10 Å². The second kappa shape index (κ2) is 4.14. The van der Waals surface area contributed by atoms with Crippen molar-refractivity contribution >= 4 is 0 Å². The molecule has 0 spiro atoms. The van der Waals surface area contributed by atoms with Gasteiger partial charge in [-0.15, -0.1) is 0 Å². The van der Waals surface area contributed by atoms with Gasteiger partial charge in [0.2, 0.25) is 5.88 Å². The molecule has 3 heteroatoms. The molecule has 3 nitrogen and oxygen atoms in total. The Hall–Kier alpha value is -0.990. The van der Waals surface area contributed by atoms with Crippen LogP contribution in [0.15, 0.2) is 6.20 Å². The zero-order valence-corrected chi connectivity index (χ0v) is 7.75. The lowest BCUT2D eigenvalue weighted by Gasteiger charge is -1.99. The number of hydrogen-bond acceptors (Lipinski definition) is 2. The van der Waals surface area contributed by atoms with Crippen LogP contribution in [0.4, 0.5) is 0 Å². The summed E-state index contributed by atoms with van der Waals surface area (Å²) in [6.45, 7) is 4.84. The Balaban J connectivity index is 2.66. The van der Waals surface area contributed by atoms with Gasteiger partial charge in [0.05, 0.1) is 6.20 Å². The molecule has 1 aromatic rings. The van der Waals surface area contributed by atoms with Crippen LogP contribution < -0.4 is 0 Å². The van der Waals surface area contributed by atoms with E-state index in [4.69, 9.17) is 0 Å². The summed E-state index contributed by atoms with van der Waals surface area (Å²) >= 11 is 0. The van der Waals surface area contributed by atoms with Gasteiger partial charge in [0, 0.05) is 12.1 Å². The van der Waals surface area contributed by atoms with E-state index in [9.17, 15) is 5.11 Å². The smallest absolute Gasteiger partial charge is 0.212 e. The largest absolute Gasteiger partial charge is 0.493 e. The average molecular weight is 168 g/mol. The molecule has 0 saturated carbocycles. The molecular formula is C9H16N2O. The quantitative estimate of drug-likeness (QED) is 0.746. The van der Waals surface area contributed by atoms with Gasteiger partial charge < -0.3 is 5.11 Å². The number of rotatable bonds is 4. The van der Waals surface area contributed by atoms with E-state index >= 15 is 0 Å². The summed E-state index contributed by atoms with van der Waals surface area (Å²) in [6.07, 6.45) is 4.95. The Labute approximate surface area is 73.0 Å². The highest BCUT2D eigenvalue weighted by Crippen LogP contribution is 2.17. The highest BCUT2D eigenvalue weighted by atomic mass is 16.3. The third-order valence-electron chi connectivity index (χ3n) is 1.98. The molecule has 1 aromatic heterocycles. The van der Waals surface area contributed by atoms with Crippen LogP contribution in [-0.2, 0) is 13.0 Å². The van der Waals surface area contributed by atoms with Gasteiger partial charge in [-0.1, -0.05) is 13.3 Å². The molecule has 1 heterocycles. The Morgan fingerprint density at radius 1 is 1.50 bits per heavy atom. The summed E-state index contributed by atoms with van der Waals surface area (Å²) < 4.78 is 1.62. The van der Waals surface area contributed by atoms with Crippen molar-refractivity contribution in [2.75, 3.05) is 0 Å². The van der Waals surface area contributed by atoms with Gasteiger partial charge in [-0.25, -0.2) is 4.68 Å². The SMILES string of the molecule is CCCCc1cnn(CC)c1O. The molecule has 12 heavy (non-hydrogen) atoms. The zero-order valence-electron chi connectivity index (χ0n) is 7.75. The third-order valence-corrected chi connectivity index (χ3v) is 1.98. The summed E-state index contributed by atoms with van der Waals surface area (Å²) in [5.41, 5.74) is 0.971. The maximum atomic E-state index is 9.56. The summed E-state index contributed by atoms with van der Waals surface area (Å²) in [7, 11) is 0. The van der Waals surface area contributed by atoms with E-state index in [-0.39, 0.29) is 0 Å². The van der Waals surface area contributed by atoms with Crippen molar-refractivity contribution in [2.24, 2.45) is 0 Å². The minimum atomic E-state index is 0.339. The van der Waals surface area contributed by atoms with Crippen LogP contribution in [0, 0.1) is 0 Å². The van der Waals surface area contributed by atoms with Crippen LogP contribution in [0.5, 0.6) is 5.88 Å². The highest BCUT2D eigenvalue weighted by Gasteiger charge is 2.06. The molecule has 1 N–H and O–H groups in total. The molecule has 0 unspecified atom stereocenters. The Morgan fingerprint density at radius 3 is 2.75 bits per heavy atom. The Morgan fingerprint density at radius 2 is 2.25 bits per heavy atom. The van der Waals surface area contributed by atoms with Crippen LogP contribution >= 0.6 is 0 Å². The molecule has 0 amide bonds. The Kier molecular flexibility index (Phi) is 3.14. The van der Waals surface area contributed by atoms with Gasteiger partial charge >= 0.3 is 0 Å². The number of aromatic hydroxyl groups is 1. The van der Waals surface area contributed by atoms with Gasteiger partial charge in [0.15, 0.2) is 0 Å². The lowest BCUT2D eigenvalue weighted by Crippen LogP contribution is -1.94. The average Bonchev–Trinajstić information content (AvgIpc) is 2.43. The standard InChI is InChI=1S/C9H16N2O/c1-3-5-6-8-7-10-11(4-2)9(8)12/h7,12H,3-6H2,1-2H3. The van der Waals surface area contributed by atoms with Gasteiger partial charge in [0.1, 0.15) is 0 Å². The van der Waals surface area contributed by atoms with E-state index in [1.165, 1.54) is 0 Å². The molecule has 68 valence electrons. The topological polar surface area (TPSA) is 38.0 Å². The summed E-state index contributed by atoms with van der Waals surface area (Å²) in [5.74, 6) is 0.339. The van der Waals surface area contributed by atoms with E-state index in [1.807, 2.05) is 6.92 Å². The first kappa shape index (κ1) is 9.10. The molecule has 0 radical (unpaired) electrons. The van der Waals surface area contributed by atoms with E-state index < -0.39 is 0 Å². The van der Waals surface area contributed by atoms with Gasteiger partial charge in [-0.05, 0) is 19.8 Å². The molecule has 0 aliphatic rings. The fourth-order valence-electron chi connectivity index (χ4n) is 1.19. The number of nitrogens with zero attached hydrogens (tertiary/aromatic N) is 2. The van der Waals surface area contributed by atoms with Crippen LogP contribution in [0.2, 0.25) is 0 Å². The maximum absolute atomic E-state index is 9.56. The second-order valence-corrected chi connectivity index (χ2v) is 2.91. The molecule has 0 atom stereocenters. The highest BCUT2D eigenvalue weighted by molar-refractivity contribution is 5.22. The number of hydrogen-bond donors (Lipinski definition) is 1. The van der Waals surface area contributed by atoms with E-state index in [1.54, 1.807) is 10.9 Å². The van der Waals surface area contributed by atoms with Crippen LogP contribution in [-0.4, -0.2) is 14.9 Å². The fraction of sp³-hybridized carbons (Fsp3) is 0.667. The first-order chi connectivity index (χ1) is 5.79. The van der Waals surface area contributed by atoms with Crippen molar-refractivity contribution in [1.82, 2.24) is 9.78 Å². The first-order valence-corrected chi connectivity index (χ1v) is 4.53. The Bertz CT molecular complexity index is 243. The number of aromatic nitrogens is 2. The minimum absolute atomic E-state index is 0.339. The second-order valence-electron chi connectivity index (χ2n) is 2.91. The van der Waals surface area contributed by atoms with Crippen molar-refractivity contribution in [3.63, 3.8) is 0 Å². The van der Waals surface area contributed by atoms with Crippen LogP contribution in [0.1, 0.15) is 32.3 Å². The van der Waals surface area contributed by atoms with Crippen LogP contribution in [0.25, 0.3) is 0 Å². The minimum Gasteiger partial charge on any atom is -0.493 e. The zero-order chi connectivity index (χ0) is 8.97. The molecule has 0 fully saturated rings. The maximum Gasteiger partial charge on any atom is 0.212 e. The fourth-order valence-corrected chi connectivity index (χ4v) is 1.19. The molecule has 0 aliphatic heterocycles. The normalized spacial score (nSPS) is 10.5. The van der Waals surface area contributed by atoms with E-state index in [2.05, 4.69) is 12.0 Å². The molecule has 0 aliphatic carbocycles. The van der Waals surface area contributed by atoms with Crippen molar-refractivity contribution in [3.8, 4) is 5.88 Å². The molecular weight excluding hydrogens is 152 g/mol. The van der Waals surface area contributed by atoms with E-state index in [0.29, 0.717) is 5.88 Å². The predicted molar refractivity (Wildman–Crippen MR) is 48.2 cm³/mol. The molecule has 0 saturated heterocycles. The van der Waals surface area contributed by atoms with Crippen molar-refractivity contribution < 1.29 is 5.11 Å². The monoisotopic (exact) mass is 168 g/mol. The van der Waals surface area contributed by atoms with Crippen LogP contribution in [0.3, 0.4) is 0 Å². The first-order valence-electron chi connectivity index (χ1n) is 4.53. The summed E-state index contributed by atoms with van der Waals surface area (Å²) in [4.78, 5) is 0. The molecule has 1 rings (SSSR count). The van der Waals surface area contributed by atoms with Gasteiger partial charge in [0.25, 0.3) is 0 Å². The lowest BCUT2D eigenvalue weighted by atomic mass is 10.1. The van der Waals surface area contributed by atoms with Crippen molar-refractivity contribution in [3.05, 3.63) is 11.8 Å². The van der Waals surface area contributed by atoms with Crippen molar-refractivity contribution in [2.45, 2.75) is 39.7 Å². The summed E-state index contributed by atoms with van der Waals surface area (Å²) in [5, 5.41) is 13.6. The lowest BCUT2D eigenvalue weighted by molar-refractivity contribution is 0.399. The molecule has 0 aromatic carbocycles.